The average Bonchev–Trinajstić information content (AvgIpc) is 2.47. The van der Waals surface area contributed by atoms with E-state index in [1.807, 2.05) is 30.3 Å². The maximum absolute atomic E-state index is 9.99. The Morgan fingerprint density at radius 1 is 1.21 bits per heavy atom. The van der Waals surface area contributed by atoms with Crippen LogP contribution in [0.3, 0.4) is 0 Å². The van der Waals surface area contributed by atoms with E-state index < -0.39 is 6.29 Å². The minimum atomic E-state index is -0.849. The minimum absolute atomic E-state index is 0.381. The van der Waals surface area contributed by atoms with Gasteiger partial charge in [-0.3, -0.25) is 0 Å². The first-order valence-electron chi connectivity index (χ1n) is 6.99. The van der Waals surface area contributed by atoms with E-state index in [0.717, 1.165) is 31.2 Å². The number of nitriles is 1. The van der Waals surface area contributed by atoms with Crippen LogP contribution in [-0.2, 0) is 11.3 Å². The van der Waals surface area contributed by atoms with Crippen molar-refractivity contribution in [1.82, 2.24) is 0 Å². The lowest BCUT2D eigenvalue weighted by Crippen LogP contribution is -2.29. The largest absolute Gasteiger partial charge is 0.368 e. The highest BCUT2D eigenvalue weighted by molar-refractivity contribution is 5.13. The van der Waals surface area contributed by atoms with E-state index in [2.05, 4.69) is 6.07 Å². The zero-order valence-electron chi connectivity index (χ0n) is 11.2. The fourth-order valence-corrected chi connectivity index (χ4v) is 2.75. The lowest BCUT2D eigenvalue weighted by Gasteiger charge is -2.32. The Hall–Kier alpha value is -1.37. The van der Waals surface area contributed by atoms with Gasteiger partial charge in [0.25, 0.3) is 0 Å². The molecule has 1 atom stereocenters. The Labute approximate surface area is 114 Å². The molecule has 0 bridgehead atoms. The van der Waals surface area contributed by atoms with Crippen LogP contribution in [0.5, 0.6) is 0 Å². The maximum atomic E-state index is 9.99. The number of ether oxygens (including phenoxy) is 1. The van der Waals surface area contributed by atoms with Gasteiger partial charge in [-0.25, -0.2) is 0 Å². The number of aliphatic hydroxyl groups is 1. The molecule has 0 radical (unpaired) electrons. The summed E-state index contributed by atoms with van der Waals surface area (Å²) in [5, 5.41) is 19.3. The van der Waals surface area contributed by atoms with Crippen LogP contribution >= 0.6 is 0 Å². The third-order valence-electron chi connectivity index (χ3n) is 3.90. The van der Waals surface area contributed by atoms with Crippen molar-refractivity contribution in [3.05, 3.63) is 35.9 Å². The molecule has 1 saturated carbocycles. The molecule has 0 heterocycles. The fourth-order valence-electron chi connectivity index (χ4n) is 2.75. The Bertz CT molecular complexity index is 418. The van der Waals surface area contributed by atoms with E-state index >= 15 is 0 Å². The number of benzene rings is 1. The lowest BCUT2D eigenvalue weighted by molar-refractivity contribution is -0.128. The van der Waals surface area contributed by atoms with Gasteiger partial charge in [0.15, 0.2) is 6.29 Å². The van der Waals surface area contributed by atoms with Crippen molar-refractivity contribution >= 4 is 0 Å². The van der Waals surface area contributed by atoms with Crippen molar-refractivity contribution in [1.29, 1.82) is 5.26 Å². The minimum Gasteiger partial charge on any atom is -0.368 e. The average molecular weight is 259 g/mol. The highest BCUT2D eigenvalue weighted by Crippen LogP contribution is 2.39. The van der Waals surface area contributed by atoms with Gasteiger partial charge in [0, 0.05) is 6.42 Å². The molecule has 3 heteroatoms. The first-order chi connectivity index (χ1) is 9.24. The van der Waals surface area contributed by atoms with Crippen LogP contribution in [0.1, 0.15) is 44.1 Å². The molecule has 19 heavy (non-hydrogen) atoms. The van der Waals surface area contributed by atoms with Gasteiger partial charge in [-0.05, 0) is 18.4 Å². The molecule has 1 N–H and O–H groups in total. The molecular formula is C16H21NO2. The molecule has 1 aliphatic carbocycles. The van der Waals surface area contributed by atoms with Gasteiger partial charge >= 0.3 is 0 Å². The van der Waals surface area contributed by atoms with Crippen LogP contribution in [0.25, 0.3) is 0 Å². The van der Waals surface area contributed by atoms with Crippen LogP contribution in [-0.4, -0.2) is 11.4 Å². The van der Waals surface area contributed by atoms with Gasteiger partial charge in [0.05, 0.1) is 18.1 Å². The van der Waals surface area contributed by atoms with Gasteiger partial charge in [-0.1, -0.05) is 49.6 Å². The van der Waals surface area contributed by atoms with Gasteiger partial charge < -0.3 is 9.84 Å². The van der Waals surface area contributed by atoms with E-state index in [4.69, 9.17) is 4.74 Å². The van der Waals surface area contributed by atoms with Gasteiger partial charge in [0.1, 0.15) is 0 Å². The Kier molecular flexibility index (Phi) is 4.95. The van der Waals surface area contributed by atoms with Crippen LogP contribution in [0, 0.1) is 16.7 Å². The predicted molar refractivity (Wildman–Crippen MR) is 73.0 cm³/mol. The van der Waals surface area contributed by atoms with E-state index in [-0.39, 0.29) is 5.41 Å². The molecule has 1 aromatic carbocycles. The summed E-state index contributed by atoms with van der Waals surface area (Å²) < 4.78 is 5.46. The molecule has 1 aliphatic rings. The lowest BCUT2D eigenvalue weighted by atomic mass is 9.73. The molecule has 2 rings (SSSR count). The van der Waals surface area contributed by atoms with Crippen LogP contribution in [0.2, 0.25) is 0 Å². The molecule has 0 saturated heterocycles. The van der Waals surface area contributed by atoms with Gasteiger partial charge in [0.2, 0.25) is 0 Å². The van der Waals surface area contributed by atoms with E-state index in [0.29, 0.717) is 13.0 Å². The summed E-state index contributed by atoms with van der Waals surface area (Å²) in [7, 11) is 0. The van der Waals surface area contributed by atoms with Crippen LogP contribution in [0.4, 0.5) is 0 Å². The molecule has 102 valence electrons. The highest BCUT2D eigenvalue weighted by Gasteiger charge is 2.34. The highest BCUT2D eigenvalue weighted by atomic mass is 16.6. The van der Waals surface area contributed by atoms with Gasteiger partial charge in [-0.2, -0.15) is 5.26 Å². The summed E-state index contributed by atoms with van der Waals surface area (Å²) in [4.78, 5) is 0. The monoisotopic (exact) mass is 259 g/mol. The van der Waals surface area contributed by atoms with E-state index in [9.17, 15) is 10.4 Å². The van der Waals surface area contributed by atoms with Crippen molar-refractivity contribution in [2.24, 2.45) is 5.41 Å². The molecule has 1 aromatic rings. The molecule has 1 fully saturated rings. The van der Waals surface area contributed by atoms with Crippen LogP contribution in [0.15, 0.2) is 30.3 Å². The van der Waals surface area contributed by atoms with Crippen molar-refractivity contribution in [3.63, 3.8) is 0 Å². The molecule has 1 unspecified atom stereocenters. The summed E-state index contributed by atoms with van der Waals surface area (Å²) >= 11 is 0. The molecule has 3 nitrogen and oxygen atoms in total. The predicted octanol–water partition coefficient (Wildman–Crippen LogP) is 3.39. The second-order valence-corrected chi connectivity index (χ2v) is 5.41. The van der Waals surface area contributed by atoms with Crippen molar-refractivity contribution in [2.45, 2.75) is 51.4 Å². The first-order valence-corrected chi connectivity index (χ1v) is 6.99. The summed E-state index contributed by atoms with van der Waals surface area (Å²) in [6.45, 7) is 0.392. The SMILES string of the molecule is N#CC1(CC(O)OCc2ccccc2)CCCCC1. The topological polar surface area (TPSA) is 53.2 Å². The summed E-state index contributed by atoms with van der Waals surface area (Å²) in [5.41, 5.74) is 0.658. The Morgan fingerprint density at radius 3 is 2.53 bits per heavy atom. The van der Waals surface area contributed by atoms with Gasteiger partial charge in [-0.15, -0.1) is 0 Å². The van der Waals surface area contributed by atoms with Crippen LogP contribution < -0.4 is 0 Å². The van der Waals surface area contributed by atoms with Crippen molar-refractivity contribution < 1.29 is 9.84 Å². The quantitative estimate of drug-likeness (QED) is 0.825. The Morgan fingerprint density at radius 2 is 1.89 bits per heavy atom. The summed E-state index contributed by atoms with van der Waals surface area (Å²) in [6.07, 6.45) is 4.71. The first kappa shape index (κ1) is 14.0. The third kappa shape index (κ3) is 4.05. The molecule has 0 spiro atoms. The normalized spacial score (nSPS) is 19.6. The standard InChI is InChI=1S/C16H21NO2/c17-13-16(9-5-2-6-10-16)11-15(18)19-12-14-7-3-1-4-8-14/h1,3-4,7-8,15,18H,2,5-6,9-12H2. The molecule has 0 aliphatic heterocycles. The number of hydrogen-bond donors (Lipinski definition) is 1. The zero-order valence-corrected chi connectivity index (χ0v) is 11.2. The second-order valence-electron chi connectivity index (χ2n) is 5.41. The smallest absolute Gasteiger partial charge is 0.156 e. The second kappa shape index (κ2) is 6.70. The molecular weight excluding hydrogens is 238 g/mol. The zero-order chi connectivity index (χ0) is 13.6. The van der Waals surface area contributed by atoms with Crippen molar-refractivity contribution in [3.8, 4) is 6.07 Å². The number of rotatable bonds is 5. The van der Waals surface area contributed by atoms with E-state index in [1.54, 1.807) is 0 Å². The molecule has 0 aromatic heterocycles. The number of nitrogens with zero attached hydrogens (tertiary/aromatic N) is 1. The Balaban J connectivity index is 1.83. The fraction of sp³-hybridized carbons (Fsp3) is 0.562. The maximum Gasteiger partial charge on any atom is 0.156 e. The third-order valence-corrected chi connectivity index (χ3v) is 3.90. The molecule has 0 amide bonds. The van der Waals surface area contributed by atoms with Crippen molar-refractivity contribution in [2.75, 3.05) is 0 Å². The summed E-state index contributed by atoms with van der Waals surface area (Å²) in [6, 6.07) is 12.2. The summed E-state index contributed by atoms with van der Waals surface area (Å²) in [5.74, 6) is 0. The number of hydrogen-bond acceptors (Lipinski definition) is 3. The number of aliphatic hydroxyl groups excluding tert-OH is 1. The van der Waals surface area contributed by atoms with E-state index in [1.165, 1.54) is 6.42 Å².